The maximum absolute atomic E-state index is 12.3. The van der Waals surface area contributed by atoms with Crippen LogP contribution < -0.4 is 5.56 Å². The molecule has 2 aromatic rings. The Hall–Kier alpha value is -1.90. The lowest BCUT2D eigenvalue weighted by Gasteiger charge is -2.13. The van der Waals surface area contributed by atoms with Crippen molar-refractivity contribution in [3.8, 4) is 11.1 Å². The number of rotatable bonds is 2. The van der Waals surface area contributed by atoms with Crippen LogP contribution in [0.25, 0.3) is 11.1 Å². The van der Waals surface area contributed by atoms with Gasteiger partial charge in [-0.25, -0.2) is 0 Å². The molecule has 0 atom stereocenters. The van der Waals surface area contributed by atoms with E-state index in [0.29, 0.717) is 5.92 Å². The fraction of sp³-hybridized carbons (Fsp3) is 0.375. The summed E-state index contributed by atoms with van der Waals surface area (Å²) in [5.41, 5.74) is 3.10. The molecule has 3 rings (SSSR count). The largest absolute Gasteiger partial charge is 0.318 e. The van der Waals surface area contributed by atoms with Crippen LogP contribution in [0.5, 0.6) is 0 Å². The van der Waals surface area contributed by atoms with Gasteiger partial charge in [-0.05, 0) is 48.1 Å². The van der Waals surface area contributed by atoms with E-state index in [9.17, 15) is 4.79 Å². The molecule has 3 nitrogen and oxygen atoms in total. The van der Waals surface area contributed by atoms with Gasteiger partial charge in [0.05, 0.1) is 0 Å². The molecule has 2 aromatic heterocycles. The van der Waals surface area contributed by atoms with Gasteiger partial charge < -0.3 is 4.57 Å². The third-order valence-corrected chi connectivity index (χ3v) is 4.02. The Morgan fingerprint density at radius 1 is 1.21 bits per heavy atom. The van der Waals surface area contributed by atoms with E-state index in [1.807, 2.05) is 25.4 Å². The highest BCUT2D eigenvalue weighted by atomic mass is 16.1. The summed E-state index contributed by atoms with van der Waals surface area (Å²) in [6, 6.07) is 5.87. The lowest BCUT2D eigenvalue weighted by molar-refractivity contribution is 0.703. The fourth-order valence-electron chi connectivity index (χ4n) is 2.96. The van der Waals surface area contributed by atoms with Gasteiger partial charge in [-0.3, -0.25) is 9.78 Å². The lowest BCUT2D eigenvalue weighted by Crippen LogP contribution is -2.19. The van der Waals surface area contributed by atoms with Crippen LogP contribution in [0.4, 0.5) is 0 Å². The standard InChI is InChI=1S/C16H18N2O/c1-18-11-14(12-4-2-3-5-12)10-15(16(18)19)13-6-8-17-9-7-13/h6-12H,2-5H2,1H3. The minimum absolute atomic E-state index is 0.0629. The quantitative estimate of drug-likeness (QED) is 0.825. The second-order valence-corrected chi connectivity index (χ2v) is 5.32. The minimum atomic E-state index is 0.0629. The van der Waals surface area contributed by atoms with Crippen LogP contribution in [0.3, 0.4) is 0 Å². The van der Waals surface area contributed by atoms with Gasteiger partial charge >= 0.3 is 0 Å². The second-order valence-electron chi connectivity index (χ2n) is 5.32. The summed E-state index contributed by atoms with van der Waals surface area (Å²) >= 11 is 0. The Balaban J connectivity index is 2.11. The smallest absolute Gasteiger partial charge is 0.258 e. The Morgan fingerprint density at radius 3 is 2.58 bits per heavy atom. The third-order valence-electron chi connectivity index (χ3n) is 4.02. The van der Waals surface area contributed by atoms with Crippen molar-refractivity contribution in [2.75, 3.05) is 0 Å². The summed E-state index contributed by atoms with van der Waals surface area (Å²) in [6.45, 7) is 0. The zero-order valence-electron chi connectivity index (χ0n) is 11.2. The first-order valence-electron chi connectivity index (χ1n) is 6.86. The molecule has 0 radical (unpaired) electrons. The van der Waals surface area contributed by atoms with E-state index in [2.05, 4.69) is 11.1 Å². The molecule has 1 aliphatic rings. The topological polar surface area (TPSA) is 34.9 Å². The average molecular weight is 254 g/mol. The highest BCUT2D eigenvalue weighted by Gasteiger charge is 2.19. The minimum Gasteiger partial charge on any atom is -0.318 e. The number of hydrogen-bond acceptors (Lipinski definition) is 2. The normalized spacial score (nSPS) is 15.8. The molecule has 98 valence electrons. The zero-order valence-corrected chi connectivity index (χ0v) is 11.2. The molecule has 0 amide bonds. The van der Waals surface area contributed by atoms with Crippen LogP contribution in [-0.2, 0) is 7.05 Å². The molecule has 0 aromatic carbocycles. The monoisotopic (exact) mass is 254 g/mol. The molecule has 0 spiro atoms. The molecule has 1 aliphatic carbocycles. The maximum atomic E-state index is 12.3. The Morgan fingerprint density at radius 2 is 1.89 bits per heavy atom. The van der Waals surface area contributed by atoms with E-state index in [4.69, 9.17) is 0 Å². The number of nitrogens with zero attached hydrogens (tertiary/aromatic N) is 2. The van der Waals surface area contributed by atoms with Crippen molar-refractivity contribution < 1.29 is 0 Å². The van der Waals surface area contributed by atoms with Crippen molar-refractivity contribution in [1.29, 1.82) is 0 Å². The zero-order chi connectivity index (χ0) is 13.2. The van der Waals surface area contributed by atoms with Crippen molar-refractivity contribution in [2.24, 2.45) is 7.05 Å². The van der Waals surface area contributed by atoms with Gasteiger partial charge in [0.15, 0.2) is 0 Å². The Bertz CT molecular complexity index is 625. The highest BCUT2D eigenvalue weighted by Crippen LogP contribution is 2.34. The van der Waals surface area contributed by atoms with Crippen LogP contribution >= 0.6 is 0 Å². The van der Waals surface area contributed by atoms with E-state index in [1.54, 1.807) is 17.0 Å². The summed E-state index contributed by atoms with van der Waals surface area (Å²) in [5.74, 6) is 0.618. The number of hydrogen-bond donors (Lipinski definition) is 0. The maximum Gasteiger partial charge on any atom is 0.258 e. The number of aryl methyl sites for hydroxylation is 1. The van der Waals surface area contributed by atoms with Gasteiger partial charge in [-0.1, -0.05) is 12.8 Å². The molecule has 1 saturated carbocycles. The first kappa shape index (κ1) is 12.2. The summed E-state index contributed by atoms with van der Waals surface area (Å²) in [5, 5.41) is 0. The molecular weight excluding hydrogens is 236 g/mol. The first-order valence-corrected chi connectivity index (χ1v) is 6.86. The van der Waals surface area contributed by atoms with Crippen molar-refractivity contribution in [3.05, 3.63) is 52.7 Å². The lowest BCUT2D eigenvalue weighted by atomic mass is 9.96. The molecule has 1 fully saturated rings. The summed E-state index contributed by atoms with van der Waals surface area (Å²) in [7, 11) is 1.84. The molecular formula is C16H18N2O. The molecule has 19 heavy (non-hydrogen) atoms. The van der Waals surface area contributed by atoms with Crippen LogP contribution in [0.1, 0.15) is 37.2 Å². The molecule has 0 unspecified atom stereocenters. The first-order chi connectivity index (χ1) is 9.25. The van der Waals surface area contributed by atoms with Crippen molar-refractivity contribution >= 4 is 0 Å². The second kappa shape index (κ2) is 5.00. The van der Waals surface area contributed by atoms with E-state index in [-0.39, 0.29) is 5.56 Å². The Kier molecular flexibility index (Phi) is 3.20. The predicted octanol–water partition coefficient (Wildman–Crippen LogP) is 3.10. The van der Waals surface area contributed by atoms with E-state index in [0.717, 1.165) is 11.1 Å². The molecule has 0 aliphatic heterocycles. The molecule has 3 heteroatoms. The number of aromatic nitrogens is 2. The van der Waals surface area contributed by atoms with Gasteiger partial charge in [0, 0.05) is 31.2 Å². The van der Waals surface area contributed by atoms with E-state index >= 15 is 0 Å². The SMILES string of the molecule is Cn1cc(C2CCCC2)cc(-c2ccncc2)c1=O. The van der Waals surface area contributed by atoms with E-state index in [1.165, 1.54) is 31.2 Å². The van der Waals surface area contributed by atoms with Crippen LogP contribution in [-0.4, -0.2) is 9.55 Å². The fourth-order valence-corrected chi connectivity index (χ4v) is 2.96. The molecule has 0 N–H and O–H groups in total. The van der Waals surface area contributed by atoms with Crippen LogP contribution in [0.2, 0.25) is 0 Å². The highest BCUT2D eigenvalue weighted by molar-refractivity contribution is 5.62. The van der Waals surface area contributed by atoms with Gasteiger partial charge in [0.2, 0.25) is 0 Å². The van der Waals surface area contributed by atoms with Gasteiger partial charge in [0.25, 0.3) is 5.56 Å². The number of pyridine rings is 2. The van der Waals surface area contributed by atoms with Gasteiger partial charge in [0.1, 0.15) is 0 Å². The van der Waals surface area contributed by atoms with Crippen molar-refractivity contribution in [1.82, 2.24) is 9.55 Å². The Labute approximate surface area is 112 Å². The van der Waals surface area contributed by atoms with Crippen molar-refractivity contribution in [2.45, 2.75) is 31.6 Å². The summed E-state index contributed by atoms with van der Waals surface area (Å²) < 4.78 is 1.71. The van der Waals surface area contributed by atoms with Crippen LogP contribution in [0.15, 0.2) is 41.6 Å². The average Bonchev–Trinajstić information content (AvgIpc) is 2.97. The van der Waals surface area contributed by atoms with Crippen molar-refractivity contribution in [3.63, 3.8) is 0 Å². The van der Waals surface area contributed by atoms with Gasteiger partial charge in [-0.2, -0.15) is 0 Å². The van der Waals surface area contributed by atoms with Crippen LogP contribution in [0, 0.1) is 0 Å². The van der Waals surface area contributed by atoms with E-state index < -0.39 is 0 Å². The summed E-state index contributed by atoms with van der Waals surface area (Å²) in [6.07, 6.45) is 10.6. The summed E-state index contributed by atoms with van der Waals surface area (Å²) in [4.78, 5) is 16.3. The van der Waals surface area contributed by atoms with Gasteiger partial charge in [-0.15, -0.1) is 0 Å². The molecule has 0 saturated heterocycles. The predicted molar refractivity (Wildman–Crippen MR) is 76.1 cm³/mol. The molecule has 2 heterocycles. The third kappa shape index (κ3) is 2.33. The molecule has 0 bridgehead atoms.